The van der Waals surface area contributed by atoms with E-state index in [1.54, 1.807) is 6.33 Å². The second-order valence-electron chi connectivity index (χ2n) is 7.28. The van der Waals surface area contributed by atoms with Crippen molar-refractivity contribution in [3.63, 3.8) is 0 Å². The normalized spacial score (nSPS) is 11.0. The average Bonchev–Trinajstić information content (AvgIpc) is 3.30. The molecule has 152 valence electrons. The molecule has 0 aliphatic heterocycles. The smallest absolute Gasteiger partial charge is 0.155 e. The lowest BCUT2D eigenvalue weighted by Gasteiger charge is -2.14. The summed E-state index contributed by atoms with van der Waals surface area (Å²) < 4.78 is 0. The van der Waals surface area contributed by atoms with Crippen LogP contribution in [-0.2, 0) is 6.42 Å². The van der Waals surface area contributed by atoms with Crippen molar-refractivity contribution in [1.29, 1.82) is 0 Å². The monoisotopic (exact) mass is 433 g/mol. The van der Waals surface area contributed by atoms with Gasteiger partial charge in [-0.15, -0.1) is 11.8 Å². The van der Waals surface area contributed by atoms with Gasteiger partial charge in [0.15, 0.2) is 5.82 Å². The van der Waals surface area contributed by atoms with E-state index < -0.39 is 0 Å². The van der Waals surface area contributed by atoms with Crippen LogP contribution in [0.3, 0.4) is 0 Å². The largest absolute Gasteiger partial charge is 0.259 e. The number of thioether (sulfide) groups is 1. The third-order valence-electron chi connectivity index (χ3n) is 5.14. The number of nitrogens with one attached hydrogen (secondary N) is 1. The predicted octanol–water partition coefficient (Wildman–Crippen LogP) is 7.22. The number of aryl methyl sites for hydroxylation is 1. The van der Waals surface area contributed by atoms with E-state index in [4.69, 9.17) is 11.6 Å². The number of benzene rings is 3. The molecule has 0 spiro atoms. The molecule has 1 aromatic heterocycles. The van der Waals surface area contributed by atoms with Crippen LogP contribution in [0.15, 0.2) is 78.0 Å². The fourth-order valence-electron chi connectivity index (χ4n) is 3.53. The molecule has 0 atom stereocenters. The molecule has 0 aliphatic carbocycles. The third kappa shape index (κ3) is 5.13. The number of halogens is 1. The van der Waals surface area contributed by atoms with E-state index >= 15 is 0 Å². The van der Waals surface area contributed by atoms with Crippen molar-refractivity contribution in [1.82, 2.24) is 15.2 Å². The maximum absolute atomic E-state index is 6.26. The molecule has 4 aromatic rings. The highest BCUT2D eigenvalue weighted by atomic mass is 35.5. The summed E-state index contributed by atoms with van der Waals surface area (Å²) in [7, 11) is 0. The zero-order chi connectivity index (χ0) is 20.8. The van der Waals surface area contributed by atoms with Gasteiger partial charge in [0.2, 0.25) is 0 Å². The van der Waals surface area contributed by atoms with Gasteiger partial charge >= 0.3 is 0 Å². The van der Waals surface area contributed by atoms with Crippen LogP contribution in [-0.4, -0.2) is 20.9 Å². The lowest BCUT2D eigenvalue weighted by atomic mass is 9.98. The van der Waals surface area contributed by atoms with Crippen molar-refractivity contribution in [2.45, 2.75) is 31.1 Å². The number of rotatable bonds is 8. The zero-order valence-electron chi connectivity index (χ0n) is 16.9. The van der Waals surface area contributed by atoms with Gasteiger partial charge in [0, 0.05) is 15.5 Å². The van der Waals surface area contributed by atoms with Crippen LogP contribution in [0.25, 0.3) is 22.5 Å². The fraction of sp³-hybridized carbons (Fsp3) is 0.200. The standard InChI is InChI=1S/C25H24ClN3S/c1-18-23(20-11-7-12-22(26)14-20)15-21(25-27-17-28-29-25)16-24(18)30-13-6-5-10-19-8-3-2-4-9-19/h2-4,7-9,11-12,14-17H,5-6,10,13H2,1H3,(H,27,28,29). The summed E-state index contributed by atoms with van der Waals surface area (Å²) in [6, 6.07) is 23.1. The number of nitrogens with zero attached hydrogens (tertiary/aromatic N) is 2. The molecule has 0 saturated carbocycles. The van der Waals surface area contributed by atoms with Crippen molar-refractivity contribution in [3.8, 4) is 22.5 Å². The number of unbranched alkanes of at least 4 members (excludes halogenated alkanes) is 1. The summed E-state index contributed by atoms with van der Waals surface area (Å²) in [4.78, 5) is 5.63. The highest BCUT2D eigenvalue weighted by molar-refractivity contribution is 7.99. The summed E-state index contributed by atoms with van der Waals surface area (Å²) in [5.41, 5.74) is 6.02. The molecule has 0 aliphatic rings. The van der Waals surface area contributed by atoms with E-state index in [1.807, 2.05) is 30.0 Å². The maximum Gasteiger partial charge on any atom is 0.155 e. The highest BCUT2D eigenvalue weighted by Crippen LogP contribution is 2.36. The molecule has 3 aromatic carbocycles. The number of hydrogen-bond donors (Lipinski definition) is 1. The first-order chi connectivity index (χ1) is 14.7. The number of aromatic nitrogens is 3. The molecular weight excluding hydrogens is 410 g/mol. The Kier molecular flexibility index (Phi) is 6.88. The molecule has 4 rings (SSSR count). The Balaban J connectivity index is 1.52. The van der Waals surface area contributed by atoms with Crippen molar-refractivity contribution in [2.75, 3.05) is 5.75 Å². The Labute approximate surface area is 186 Å². The Morgan fingerprint density at radius 3 is 2.57 bits per heavy atom. The van der Waals surface area contributed by atoms with E-state index in [-0.39, 0.29) is 0 Å². The summed E-state index contributed by atoms with van der Waals surface area (Å²) in [6.07, 6.45) is 5.05. The number of hydrogen-bond acceptors (Lipinski definition) is 3. The minimum absolute atomic E-state index is 0.743. The topological polar surface area (TPSA) is 41.6 Å². The van der Waals surface area contributed by atoms with Gasteiger partial charge in [-0.3, -0.25) is 5.10 Å². The molecule has 0 amide bonds. The predicted molar refractivity (Wildman–Crippen MR) is 127 cm³/mol. The highest BCUT2D eigenvalue weighted by Gasteiger charge is 2.13. The van der Waals surface area contributed by atoms with Gasteiger partial charge in [-0.1, -0.05) is 54.1 Å². The number of H-pyrrole nitrogens is 1. The Hall–Kier alpha value is -2.56. The second-order valence-corrected chi connectivity index (χ2v) is 8.86. The first-order valence-corrected chi connectivity index (χ1v) is 11.5. The van der Waals surface area contributed by atoms with Crippen LogP contribution in [0.5, 0.6) is 0 Å². The molecule has 0 radical (unpaired) electrons. The molecule has 0 bridgehead atoms. The molecule has 5 heteroatoms. The molecule has 0 unspecified atom stereocenters. The van der Waals surface area contributed by atoms with Gasteiger partial charge in [-0.05, 0) is 78.5 Å². The van der Waals surface area contributed by atoms with Crippen LogP contribution >= 0.6 is 23.4 Å². The maximum atomic E-state index is 6.26. The van der Waals surface area contributed by atoms with Gasteiger partial charge in [-0.25, -0.2) is 4.98 Å². The van der Waals surface area contributed by atoms with Crippen molar-refractivity contribution in [3.05, 3.63) is 89.2 Å². The van der Waals surface area contributed by atoms with Gasteiger partial charge in [0.1, 0.15) is 6.33 Å². The lowest BCUT2D eigenvalue weighted by Crippen LogP contribution is -1.93. The average molecular weight is 434 g/mol. The van der Waals surface area contributed by atoms with E-state index in [9.17, 15) is 0 Å². The summed E-state index contributed by atoms with van der Waals surface area (Å²) in [5, 5.41) is 7.75. The van der Waals surface area contributed by atoms with Gasteiger partial charge in [-0.2, -0.15) is 5.10 Å². The summed E-state index contributed by atoms with van der Waals surface area (Å²) >= 11 is 8.17. The third-order valence-corrected chi connectivity index (χ3v) is 6.61. The fourth-order valence-corrected chi connectivity index (χ4v) is 4.83. The first-order valence-electron chi connectivity index (χ1n) is 10.1. The van der Waals surface area contributed by atoms with Gasteiger partial charge in [0.05, 0.1) is 0 Å². The van der Waals surface area contributed by atoms with E-state index in [2.05, 4.69) is 70.6 Å². The molecule has 0 saturated heterocycles. The van der Waals surface area contributed by atoms with E-state index in [0.717, 1.165) is 34.1 Å². The lowest BCUT2D eigenvalue weighted by molar-refractivity contribution is 0.802. The van der Waals surface area contributed by atoms with Crippen LogP contribution in [0.4, 0.5) is 0 Å². The van der Waals surface area contributed by atoms with Gasteiger partial charge < -0.3 is 0 Å². The van der Waals surface area contributed by atoms with E-state index in [0.29, 0.717) is 0 Å². The van der Waals surface area contributed by atoms with Crippen molar-refractivity contribution >= 4 is 23.4 Å². The molecule has 3 nitrogen and oxygen atoms in total. The summed E-state index contributed by atoms with van der Waals surface area (Å²) in [5.74, 6) is 1.87. The Bertz CT molecular complexity index is 1090. The molecule has 1 heterocycles. The zero-order valence-corrected chi connectivity index (χ0v) is 18.5. The first kappa shape index (κ1) is 20.7. The van der Waals surface area contributed by atoms with E-state index in [1.165, 1.54) is 34.4 Å². The Morgan fingerprint density at radius 1 is 0.933 bits per heavy atom. The quantitative estimate of drug-likeness (QED) is 0.235. The van der Waals surface area contributed by atoms with Crippen molar-refractivity contribution in [2.24, 2.45) is 0 Å². The van der Waals surface area contributed by atoms with Gasteiger partial charge in [0.25, 0.3) is 0 Å². The number of aromatic amines is 1. The molecule has 0 fully saturated rings. The van der Waals surface area contributed by atoms with Crippen LogP contribution in [0.2, 0.25) is 5.02 Å². The summed E-state index contributed by atoms with van der Waals surface area (Å²) in [6.45, 7) is 2.19. The minimum Gasteiger partial charge on any atom is -0.259 e. The Morgan fingerprint density at radius 2 is 1.80 bits per heavy atom. The second kappa shape index (κ2) is 9.96. The molecule has 1 N–H and O–H groups in total. The van der Waals surface area contributed by atoms with Crippen LogP contribution in [0.1, 0.15) is 24.0 Å². The van der Waals surface area contributed by atoms with Crippen LogP contribution < -0.4 is 0 Å². The molecular formula is C25H24ClN3S. The van der Waals surface area contributed by atoms with Crippen LogP contribution in [0, 0.1) is 6.92 Å². The minimum atomic E-state index is 0.743. The molecule has 30 heavy (non-hydrogen) atoms. The van der Waals surface area contributed by atoms with Crippen molar-refractivity contribution < 1.29 is 0 Å². The SMILES string of the molecule is Cc1c(SCCCCc2ccccc2)cc(-c2ncn[nH]2)cc1-c1cccc(Cl)c1.